The lowest BCUT2D eigenvalue weighted by Gasteiger charge is -2.27. The molecule has 1 amide bonds. The molecule has 1 aliphatic carbocycles. The van der Waals surface area contributed by atoms with Gasteiger partial charge in [0.15, 0.2) is 9.84 Å². The van der Waals surface area contributed by atoms with Gasteiger partial charge in [-0.1, -0.05) is 26.2 Å². The number of amides is 1. The van der Waals surface area contributed by atoms with Crippen molar-refractivity contribution < 1.29 is 13.2 Å². The summed E-state index contributed by atoms with van der Waals surface area (Å²) in [7, 11) is -3.22. The van der Waals surface area contributed by atoms with Crippen molar-refractivity contribution >= 4 is 21.8 Å². The SMILES string of the molecule is CCN(C(=O)/C(C#N)=C/c1cc(C)n(C2CCCCC2)c1C)C(C)CS(=O)(=O)CC. The Morgan fingerprint density at radius 1 is 1.30 bits per heavy atom. The average Bonchev–Trinajstić information content (AvgIpc) is 2.99. The van der Waals surface area contributed by atoms with Crippen LogP contribution in [-0.2, 0) is 14.6 Å². The van der Waals surface area contributed by atoms with Crippen molar-refractivity contribution in [3.63, 3.8) is 0 Å². The fourth-order valence-electron chi connectivity index (χ4n) is 4.53. The molecule has 0 spiro atoms. The molecule has 6 nitrogen and oxygen atoms in total. The number of nitriles is 1. The maximum atomic E-state index is 13.1. The first kappa shape index (κ1) is 24.2. The third-order valence-corrected chi connectivity index (χ3v) is 8.05. The van der Waals surface area contributed by atoms with Crippen LogP contribution < -0.4 is 0 Å². The van der Waals surface area contributed by atoms with E-state index in [4.69, 9.17) is 0 Å². The van der Waals surface area contributed by atoms with Crippen molar-refractivity contribution in [3.8, 4) is 6.07 Å². The van der Waals surface area contributed by atoms with Gasteiger partial charge in [0.05, 0.1) is 5.75 Å². The highest BCUT2D eigenvalue weighted by Gasteiger charge is 2.26. The van der Waals surface area contributed by atoms with Crippen molar-refractivity contribution in [3.05, 3.63) is 28.6 Å². The number of carbonyl (C=O) groups is 1. The summed E-state index contributed by atoms with van der Waals surface area (Å²) in [6, 6.07) is 4.07. The molecule has 30 heavy (non-hydrogen) atoms. The first-order valence-corrected chi connectivity index (χ1v) is 12.8. The molecule has 7 heteroatoms. The van der Waals surface area contributed by atoms with E-state index < -0.39 is 21.8 Å². The summed E-state index contributed by atoms with van der Waals surface area (Å²) in [5.74, 6) is -0.476. The van der Waals surface area contributed by atoms with Gasteiger partial charge in [-0.15, -0.1) is 0 Å². The lowest BCUT2D eigenvalue weighted by atomic mass is 9.95. The van der Waals surface area contributed by atoms with Gasteiger partial charge in [-0.2, -0.15) is 5.26 Å². The van der Waals surface area contributed by atoms with Crippen LogP contribution in [0.25, 0.3) is 6.08 Å². The van der Waals surface area contributed by atoms with Gasteiger partial charge >= 0.3 is 0 Å². The maximum Gasteiger partial charge on any atom is 0.264 e. The molecule has 1 aliphatic rings. The molecule has 1 aromatic heterocycles. The molecule has 1 unspecified atom stereocenters. The van der Waals surface area contributed by atoms with Crippen molar-refractivity contribution in [2.24, 2.45) is 0 Å². The third-order valence-electron chi connectivity index (χ3n) is 6.18. The van der Waals surface area contributed by atoms with E-state index >= 15 is 0 Å². The van der Waals surface area contributed by atoms with Crippen molar-refractivity contribution in [1.29, 1.82) is 5.26 Å². The number of aryl methyl sites for hydroxylation is 1. The standard InChI is InChI=1S/C23H35N3O3S/c1-6-25(18(4)16-30(28,29)7-2)23(27)21(15-24)14-20-13-17(3)26(19(20)5)22-11-9-8-10-12-22/h13-14,18,22H,6-12,16H2,1-5H3/b21-14+. The van der Waals surface area contributed by atoms with Crippen LogP contribution in [0.4, 0.5) is 0 Å². The number of likely N-dealkylation sites (N-methyl/N-ethyl adjacent to an activating group) is 1. The molecule has 0 aliphatic heterocycles. The Morgan fingerprint density at radius 3 is 2.47 bits per heavy atom. The minimum atomic E-state index is -3.22. The normalized spacial score (nSPS) is 16.9. The number of sulfone groups is 1. The number of hydrogen-bond acceptors (Lipinski definition) is 4. The zero-order valence-electron chi connectivity index (χ0n) is 18.9. The van der Waals surface area contributed by atoms with Crippen LogP contribution in [0.1, 0.15) is 75.9 Å². The molecule has 1 aromatic rings. The maximum absolute atomic E-state index is 13.1. The molecule has 1 saturated carbocycles. The summed E-state index contributed by atoms with van der Waals surface area (Å²) >= 11 is 0. The van der Waals surface area contributed by atoms with E-state index in [9.17, 15) is 18.5 Å². The molecule has 0 radical (unpaired) electrons. The molecular weight excluding hydrogens is 398 g/mol. The van der Waals surface area contributed by atoms with Gasteiger partial charge in [0, 0.05) is 35.8 Å². The second kappa shape index (κ2) is 10.3. The Morgan fingerprint density at radius 2 is 1.93 bits per heavy atom. The van der Waals surface area contributed by atoms with Crippen LogP contribution in [-0.4, -0.2) is 47.9 Å². The highest BCUT2D eigenvalue weighted by molar-refractivity contribution is 7.91. The van der Waals surface area contributed by atoms with Gasteiger partial charge in [0.2, 0.25) is 0 Å². The first-order valence-electron chi connectivity index (χ1n) is 11.0. The highest BCUT2D eigenvalue weighted by atomic mass is 32.2. The molecule has 1 fully saturated rings. The fourth-order valence-corrected chi connectivity index (χ4v) is 5.68. The molecular formula is C23H35N3O3S. The zero-order chi connectivity index (χ0) is 22.5. The van der Waals surface area contributed by atoms with Gasteiger partial charge in [0.1, 0.15) is 11.6 Å². The highest BCUT2D eigenvalue weighted by Crippen LogP contribution is 2.32. The number of aromatic nitrogens is 1. The summed E-state index contributed by atoms with van der Waals surface area (Å²) in [5, 5.41) is 9.69. The zero-order valence-corrected chi connectivity index (χ0v) is 19.8. The van der Waals surface area contributed by atoms with E-state index in [0.717, 1.165) is 29.8 Å². The minimum Gasteiger partial charge on any atom is -0.346 e. The largest absolute Gasteiger partial charge is 0.346 e. The van der Waals surface area contributed by atoms with Crippen LogP contribution in [0, 0.1) is 25.2 Å². The molecule has 0 saturated heterocycles. The number of carbonyl (C=O) groups excluding carboxylic acids is 1. The quantitative estimate of drug-likeness (QED) is 0.455. The Labute approximate surface area is 181 Å². The van der Waals surface area contributed by atoms with Gasteiger partial charge < -0.3 is 9.47 Å². The van der Waals surface area contributed by atoms with Crippen LogP contribution in [0.5, 0.6) is 0 Å². The van der Waals surface area contributed by atoms with Crippen molar-refractivity contribution in [2.45, 2.75) is 78.8 Å². The molecule has 2 rings (SSSR count). The fraction of sp³-hybridized carbons (Fsp3) is 0.652. The van der Waals surface area contributed by atoms with Gasteiger partial charge in [-0.05, 0) is 58.2 Å². The van der Waals surface area contributed by atoms with Crippen molar-refractivity contribution in [1.82, 2.24) is 9.47 Å². The Kier molecular flexibility index (Phi) is 8.31. The smallest absolute Gasteiger partial charge is 0.264 e. The van der Waals surface area contributed by atoms with E-state index in [1.807, 2.05) is 19.1 Å². The van der Waals surface area contributed by atoms with Gasteiger partial charge in [0.25, 0.3) is 5.91 Å². The van der Waals surface area contributed by atoms with E-state index in [1.165, 1.54) is 24.2 Å². The Hall–Kier alpha value is -2.07. The molecule has 1 heterocycles. The number of nitrogens with zero attached hydrogens (tertiary/aromatic N) is 3. The third kappa shape index (κ3) is 5.54. The minimum absolute atomic E-state index is 0.0389. The van der Waals surface area contributed by atoms with Gasteiger partial charge in [-0.3, -0.25) is 4.79 Å². The Bertz CT molecular complexity index is 932. The van der Waals surface area contributed by atoms with Crippen LogP contribution in [0.15, 0.2) is 11.6 Å². The lowest BCUT2D eigenvalue weighted by Crippen LogP contribution is -2.43. The molecule has 0 bridgehead atoms. The number of hydrogen-bond donors (Lipinski definition) is 0. The van der Waals surface area contributed by atoms with Crippen LogP contribution >= 0.6 is 0 Å². The van der Waals surface area contributed by atoms with E-state index in [1.54, 1.807) is 26.8 Å². The number of rotatable bonds is 8. The molecule has 166 valence electrons. The molecule has 1 atom stereocenters. The van der Waals surface area contributed by atoms with E-state index in [0.29, 0.717) is 12.6 Å². The first-order chi connectivity index (χ1) is 14.1. The van der Waals surface area contributed by atoms with Crippen molar-refractivity contribution in [2.75, 3.05) is 18.1 Å². The summed E-state index contributed by atoms with van der Waals surface area (Å²) in [6.45, 7) is 9.58. The molecule has 0 aromatic carbocycles. The topological polar surface area (TPSA) is 83.2 Å². The second-order valence-electron chi connectivity index (χ2n) is 8.30. The predicted octanol–water partition coefficient (Wildman–Crippen LogP) is 4.19. The summed E-state index contributed by atoms with van der Waals surface area (Å²) < 4.78 is 26.3. The second-order valence-corrected chi connectivity index (χ2v) is 10.7. The monoisotopic (exact) mass is 433 g/mol. The molecule has 0 N–H and O–H groups in total. The van der Waals surface area contributed by atoms with Gasteiger partial charge in [-0.25, -0.2) is 8.42 Å². The predicted molar refractivity (Wildman–Crippen MR) is 121 cm³/mol. The summed E-state index contributed by atoms with van der Waals surface area (Å²) in [6.07, 6.45) is 7.74. The van der Waals surface area contributed by atoms with Crippen LogP contribution in [0.3, 0.4) is 0 Å². The van der Waals surface area contributed by atoms with E-state index in [2.05, 4.69) is 11.5 Å². The lowest BCUT2D eigenvalue weighted by molar-refractivity contribution is -0.127. The van der Waals surface area contributed by atoms with Crippen LogP contribution in [0.2, 0.25) is 0 Å². The summed E-state index contributed by atoms with van der Waals surface area (Å²) in [4.78, 5) is 14.5. The summed E-state index contributed by atoms with van der Waals surface area (Å²) in [5.41, 5.74) is 3.14. The average molecular weight is 434 g/mol. The van der Waals surface area contributed by atoms with E-state index in [-0.39, 0.29) is 17.1 Å². The Balaban J connectivity index is 2.32.